The molecule has 0 atom stereocenters. The van der Waals surface area contributed by atoms with Gasteiger partial charge in [-0.3, -0.25) is 0 Å². The molecular formula is C8H8B2. The highest BCUT2D eigenvalue weighted by molar-refractivity contribution is 6.08. The number of hydrogen-bond acceptors (Lipinski definition) is 0. The van der Waals surface area contributed by atoms with Crippen molar-refractivity contribution in [2.75, 3.05) is 0 Å². The third-order valence-corrected chi connectivity index (χ3v) is 1.49. The van der Waals surface area contributed by atoms with Crippen LogP contribution in [0.3, 0.4) is 0 Å². The molecule has 0 N–H and O–H groups in total. The Kier molecular flexibility index (Phi) is 2.61. The quantitative estimate of drug-likeness (QED) is 0.518. The molecule has 0 saturated carbocycles. The lowest BCUT2D eigenvalue weighted by atomic mass is 9.92. The van der Waals surface area contributed by atoms with Crippen LogP contribution >= 0.6 is 0 Å². The van der Waals surface area contributed by atoms with Crippen LogP contribution in [0.25, 0.3) is 0 Å². The van der Waals surface area contributed by atoms with Gasteiger partial charge in [0.15, 0.2) is 0 Å². The first-order chi connectivity index (χ1) is 4.86. The standard InChI is InChI=1S/C8H8B2/c9-5-7-1-2-8(6-10)4-3-7/h1-4H,5-6H2. The molecule has 1 rings (SSSR count). The zero-order valence-corrected chi connectivity index (χ0v) is 5.88. The van der Waals surface area contributed by atoms with Crippen LogP contribution in [-0.2, 0) is 12.6 Å². The molecule has 0 amide bonds. The molecule has 0 nitrogen and oxygen atoms in total. The van der Waals surface area contributed by atoms with E-state index in [1.165, 1.54) is 0 Å². The summed E-state index contributed by atoms with van der Waals surface area (Å²) in [6.07, 6.45) is 1.20. The van der Waals surface area contributed by atoms with Gasteiger partial charge in [-0.25, -0.2) is 0 Å². The Morgan fingerprint density at radius 1 is 0.800 bits per heavy atom. The molecule has 0 bridgehead atoms. The van der Waals surface area contributed by atoms with Crippen LogP contribution in [0, 0.1) is 0 Å². The van der Waals surface area contributed by atoms with E-state index in [0.29, 0.717) is 12.6 Å². The van der Waals surface area contributed by atoms with Crippen molar-refractivity contribution in [2.24, 2.45) is 0 Å². The first kappa shape index (κ1) is 7.46. The molecule has 0 aliphatic heterocycles. The molecule has 0 aliphatic rings. The van der Waals surface area contributed by atoms with Crippen molar-refractivity contribution in [2.45, 2.75) is 12.6 Å². The fourth-order valence-corrected chi connectivity index (χ4v) is 0.811. The average Bonchev–Trinajstić information content (AvgIpc) is 2.05. The van der Waals surface area contributed by atoms with E-state index < -0.39 is 0 Å². The van der Waals surface area contributed by atoms with Gasteiger partial charge in [0.2, 0.25) is 0 Å². The van der Waals surface area contributed by atoms with Crippen molar-refractivity contribution in [3.05, 3.63) is 35.4 Å². The van der Waals surface area contributed by atoms with Crippen LogP contribution in [0.1, 0.15) is 11.1 Å². The molecule has 0 heterocycles. The van der Waals surface area contributed by atoms with E-state index in [1.54, 1.807) is 0 Å². The van der Waals surface area contributed by atoms with E-state index >= 15 is 0 Å². The third-order valence-electron chi connectivity index (χ3n) is 1.49. The summed E-state index contributed by atoms with van der Waals surface area (Å²) in [6, 6.07) is 8.01. The Bertz CT molecular complexity index is 168. The predicted octanol–water partition coefficient (Wildman–Crippen LogP) is 1.02. The van der Waals surface area contributed by atoms with E-state index in [9.17, 15) is 0 Å². The van der Waals surface area contributed by atoms with Gasteiger partial charge < -0.3 is 0 Å². The van der Waals surface area contributed by atoms with E-state index in [2.05, 4.69) is 0 Å². The Morgan fingerprint density at radius 3 is 1.30 bits per heavy atom. The Morgan fingerprint density at radius 2 is 1.10 bits per heavy atom. The molecule has 1 aromatic rings. The number of benzene rings is 1. The van der Waals surface area contributed by atoms with Gasteiger partial charge in [-0.2, -0.15) is 0 Å². The van der Waals surface area contributed by atoms with Crippen molar-refractivity contribution < 1.29 is 0 Å². The van der Waals surface area contributed by atoms with Crippen molar-refractivity contribution in [1.29, 1.82) is 0 Å². The Balaban J connectivity index is 2.80. The van der Waals surface area contributed by atoms with Crippen LogP contribution in [0.2, 0.25) is 0 Å². The van der Waals surface area contributed by atoms with Crippen molar-refractivity contribution in [1.82, 2.24) is 0 Å². The molecule has 2 heteroatoms. The molecule has 0 saturated heterocycles. The van der Waals surface area contributed by atoms with Gasteiger partial charge in [0, 0.05) is 0 Å². The fraction of sp³-hybridized carbons (Fsp3) is 0.250. The summed E-state index contributed by atoms with van der Waals surface area (Å²) >= 11 is 0. The molecule has 0 aromatic heterocycles. The SMILES string of the molecule is [B]Cc1ccc(C[B])cc1. The molecule has 0 aliphatic carbocycles. The van der Waals surface area contributed by atoms with Gasteiger partial charge in [0.05, 0.1) is 15.7 Å². The molecule has 0 spiro atoms. The summed E-state index contributed by atoms with van der Waals surface area (Å²) < 4.78 is 0. The van der Waals surface area contributed by atoms with E-state index in [4.69, 9.17) is 15.7 Å². The van der Waals surface area contributed by atoms with E-state index in [-0.39, 0.29) is 0 Å². The van der Waals surface area contributed by atoms with Crippen LogP contribution in [0.4, 0.5) is 0 Å². The topological polar surface area (TPSA) is 0 Å². The fourth-order valence-electron chi connectivity index (χ4n) is 0.811. The number of hydrogen-bond donors (Lipinski definition) is 0. The first-order valence-corrected chi connectivity index (χ1v) is 3.34. The largest absolute Gasteiger partial charge is 0.0716 e. The van der Waals surface area contributed by atoms with Crippen molar-refractivity contribution in [3.8, 4) is 0 Å². The summed E-state index contributed by atoms with van der Waals surface area (Å²) in [5.41, 5.74) is 2.30. The highest BCUT2D eigenvalue weighted by Crippen LogP contribution is 2.02. The lowest BCUT2D eigenvalue weighted by Crippen LogP contribution is -1.86. The smallest absolute Gasteiger partial charge is 0.0643 e. The monoisotopic (exact) mass is 126 g/mol. The second-order valence-electron chi connectivity index (χ2n) is 2.22. The second-order valence-corrected chi connectivity index (χ2v) is 2.22. The zero-order valence-electron chi connectivity index (χ0n) is 5.88. The van der Waals surface area contributed by atoms with Gasteiger partial charge in [-0.1, -0.05) is 48.0 Å². The maximum Gasteiger partial charge on any atom is 0.0716 e. The minimum absolute atomic E-state index is 0.602. The van der Waals surface area contributed by atoms with Crippen LogP contribution in [0.5, 0.6) is 0 Å². The molecule has 1 aromatic carbocycles. The van der Waals surface area contributed by atoms with Gasteiger partial charge in [-0.05, 0) is 0 Å². The molecule has 46 valence electrons. The molecule has 10 heavy (non-hydrogen) atoms. The lowest BCUT2D eigenvalue weighted by molar-refractivity contribution is 1.33. The van der Waals surface area contributed by atoms with Crippen molar-refractivity contribution >= 4 is 15.7 Å². The third kappa shape index (κ3) is 1.66. The first-order valence-electron chi connectivity index (χ1n) is 3.34. The molecule has 4 radical (unpaired) electrons. The Labute approximate surface area is 64.5 Å². The summed E-state index contributed by atoms with van der Waals surface area (Å²) in [4.78, 5) is 0. The van der Waals surface area contributed by atoms with Crippen molar-refractivity contribution in [3.63, 3.8) is 0 Å². The van der Waals surface area contributed by atoms with Gasteiger partial charge in [-0.15, -0.1) is 0 Å². The normalized spacial score (nSPS) is 9.60. The van der Waals surface area contributed by atoms with E-state index in [1.807, 2.05) is 24.3 Å². The second kappa shape index (κ2) is 3.50. The highest BCUT2D eigenvalue weighted by Gasteiger charge is 1.88. The predicted molar refractivity (Wildman–Crippen MR) is 45.4 cm³/mol. The van der Waals surface area contributed by atoms with Gasteiger partial charge in [0.25, 0.3) is 0 Å². The summed E-state index contributed by atoms with van der Waals surface area (Å²) in [7, 11) is 10.8. The maximum atomic E-state index is 5.41. The minimum atomic E-state index is 0.602. The van der Waals surface area contributed by atoms with Crippen LogP contribution in [0.15, 0.2) is 24.3 Å². The van der Waals surface area contributed by atoms with Gasteiger partial charge >= 0.3 is 0 Å². The van der Waals surface area contributed by atoms with Gasteiger partial charge in [0.1, 0.15) is 0 Å². The Hall–Kier alpha value is -0.650. The average molecular weight is 126 g/mol. The molecule has 0 unspecified atom stereocenters. The van der Waals surface area contributed by atoms with Crippen LogP contribution < -0.4 is 0 Å². The zero-order chi connectivity index (χ0) is 7.40. The van der Waals surface area contributed by atoms with E-state index in [0.717, 1.165) is 11.1 Å². The summed E-state index contributed by atoms with van der Waals surface area (Å²) in [6.45, 7) is 0. The maximum absolute atomic E-state index is 5.41. The molecule has 0 fully saturated rings. The summed E-state index contributed by atoms with van der Waals surface area (Å²) in [5.74, 6) is 0. The lowest BCUT2D eigenvalue weighted by Gasteiger charge is -1.97. The minimum Gasteiger partial charge on any atom is -0.0643 e. The summed E-state index contributed by atoms with van der Waals surface area (Å²) in [5, 5.41) is 0. The van der Waals surface area contributed by atoms with Crippen LogP contribution in [-0.4, -0.2) is 15.7 Å². The molecular weight excluding hydrogens is 118 g/mol. The highest BCUT2D eigenvalue weighted by atomic mass is 13.9. The number of rotatable bonds is 2.